The van der Waals surface area contributed by atoms with Gasteiger partial charge in [-0.2, -0.15) is 0 Å². The molecule has 2 aromatic carbocycles. The lowest BCUT2D eigenvalue weighted by atomic mass is 9.89. The Bertz CT molecular complexity index is 1500. The van der Waals surface area contributed by atoms with Crippen molar-refractivity contribution >= 4 is 58.4 Å². The molecule has 3 rings (SSSR count). The number of carboxylic acids is 1. The molecular formula is C35H42ClN3O10S. The number of esters is 2. The van der Waals surface area contributed by atoms with Gasteiger partial charge in [0.25, 0.3) is 0 Å². The summed E-state index contributed by atoms with van der Waals surface area (Å²) in [6.07, 6.45) is -0.877. The first-order chi connectivity index (χ1) is 23.8. The maximum Gasteiger partial charge on any atom is 0.332 e. The van der Waals surface area contributed by atoms with Gasteiger partial charge in [0.1, 0.15) is 35.2 Å². The van der Waals surface area contributed by atoms with Crippen molar-refractivity contribution in [2.24, 2.45) is 0 Å². The normalized spacial score (nSPS) is 17.6. The monoisotopic (exact) mass is 731 g/mol. The summed E-state index contributed by atoms with van der Waals surface area (Å²) in [5.74, 6) is -5.13. The lowest BCUT2D eigenvalue weighted by Crippen LogP contribution is -2.71. The van der Waals surface area contributed by atoms with E-state index in [1.807, 2.05) is 19.1 Å². The molecule has 0 bridgehead atoms. The number of rotatable bonds is 19. The number of carbonyl (C=O) groups excluding carboxylic acids is 5. The number of aliphatic carboxylic acids is 1. The zero-order valence-electron chi connectivity index (χ0n) is 28.1. The SMILES string of the molecule is CCCOC(=O)CC[S+]([O-])C=C(C)C1C(NC(=O)CCC(C)(NC(=O)CCl)C(=O)OC(c2ccccc2)c2ccccc2)C(=O)N1CC(=O)O. The molecule has 4 atom stereocenters. The lowest BCUT2D eigenvalue weighted by molar-refractivity contribution is -0.158. The molecule has 50 heavy (non-hydrogen) atoms. The molecule has 2 aromatic rings. The molecule has 1 fully saturated rings. The van der Waals surface area contributed by atoms with Crippen molar-refractivity contribution in [1.29, 1.82) is 0 Å². The Labute approximate surface area is 298 Å². The van der Waals surface area contributed by atoms with Gasteiger partial charge in [-0.25, -0.2) is 4.79 Å². The highest BCUT2D eigenvalue weighted by Crippen LogP contribution is 2.30. The first-order valence-electron chi connectivity index (χ1n) is 16.0. The van der Waals surface area contributed by atoms with E-state index in [1.165, 1.54) is 12.3 Å². The zero-order chi connectivity index (χ0) is 36.8. The zero-order valence-corrected chi connectivity index (χ0v) is 29.7. The van der Waals surface area contributed by atoms with E-state index in [0.29, 0.717) is 23.1 Å². The van der Waals surface area contributed by atoms with E-state index < -0.39 is 83.0 Å². The number of hydrogen-bond donors (Lipinski definition) is 3. The number of likely N-dealkylation sites (tertiary alicyclic amines) is 1. The number of alkyl halides is 1. The molecule has 3 amide bonds. The summed E-state index contributed by atoms with van der Waals surface area (Å²) in [4.78, 5) is 76.7. The third kappa shape index (κ3) is 11.3. The fraction of sp³-hybridized carbons (Fsp3) is 0.429. The number of carboxylic acid groups (broad SMARTS) is 1. The summed E-state index contributed by atoms with van der Waals surface area (Å²) in [6.45, 7) is 4.39. The molecule has 13 nitrogen and oxygen atoms in total. The highest BCUT2D eigenvalue weighted by atomic mass is 35.5. The molecule has 0 saturated carbocycles. The number of nitrogens with zero attached hydrogens (tertiary/aromatic N) is 1. The molecule has 1 saturated heterocycles. The second kappa shape index (κ2) is 19.1. The first-order valence-corrected chi connectivity index (χ1v) is 17.9. The van der Waals surface area contributed by atoms with Gasteiger partial charge < -0.3 is 34.7 Å². The fourth-order valence-corrected chi connectivity index (χ4v) is 6.42. The van der Waals surface area contributed by atoms with Crippen molar-refractivity contribution < 1.29 is 47.9 Å². The topological polar surface area (TPSA) is 191 Å². The number of halogens is 1. The Kier molecular flexibility index (Phi) is 15.3. The van der Waals surface area contributed by atoms with E-state index >= 15 is 0 Å². The van der Waals surface area contributed by atoms with Crippen LogP contribution in [-0.4, -0.2) is 92.6 Å². The van der Waals surface area contributed by atoms with Crippen molar-refractivity contribution in [3.05, 3.63) is 82.8 Å². The van der Waals surface area contributed by atoms with Crippen LogP contribution in [0, 0.1) is 0 Å². The second-order valence-corrected chi connectivity index (χ2v) is 13.6. The van der Waals surface area contributed by atoms with Crippen molar-refractivity contribution in [1.82, 2.24) is 15.5 Å². The van der Waals surface area contributed by atoms with Gasteiger partial charge in [-0.1, -0.05) is 67.6 Å². The number of carbonyl (C=O) groups is 6. The Morgan fingerprint density at radius 1 is 1.04 bits per heavy atom. The van der Waals surface area contributed by atoms with Gasteiger partial charge in [0.05, 0.1) is 19.1 Å². The van der Waals surface area contributed by atoms with Gasteiger partial charge in [-0.3, -0.25) is 24.0 Å². The Hall–Kier alpha value is -4.40. The molecule has 4 unspecified atom stereocenters. The molecule has 1 heterocycles. The van der Waals surface area contributed by atoms with E-state index in [1.54, 1.807) is 55.5 Å². The molecule has 3 N–H and O–H groups in total. The molecule has 1 aliphatic heterocycles. The molecule has 0 aliphatic carbocycles. The highest BCUT2D eigenvalue weighted by molar-refractivity contribution is 7.94. The highest BCUT2D eigenvalue weighted by Gasteiger charge is 2.50. The maximum absolute atomic E-state index is 13.8. The Balaban J connectivity index is 1.75. The van der Waals surface area contributed by atoms with Gasteiger partial charge in [-0.15, -0.1) is 11.6 Å². The van der Waals surface area contributed by atoms with Crippen molar-refractivity contribution in [3.63, 3.8) is 0 Å². The summed E-state index contributed by atoms with van der Waals surface area (Å²) in [5.41, 5.74) is -0.00440. The standard InChI is InChI=1S/C35H42ClN3O10S/c1-4-18-48-29(44)16-19-50(47)22-23(2)31-30(33(45)39(31)21-28(42)43)37-26(40)15-17-35(3,38-27(41)20-36)34(46)49-32(24-11-7-5-8-12-24)25-13-9-6-10-14-25/h5-14,22,30-32H,4,15-21H2,1-3H3,(H,37,40)(H,38,41)(H,42,43). The largest absolute Gasteiger partial charge is 0.612 e. The molecule has 0 radical (unpaired) electrons. The minimum absolute atomic E-state index is 0.0470. The molecule has 1 aliphatic rings. The van der Waals surface area contributed by atoms with Gasteiger partial charge in [0.15, 0.2) is 6.10 Å². The van der Waals surface area contributed by atoms with E-state index in [9.17, 15) is 38.4 Å². The van der Waals surface area contributed by atoms with E-state index in [4.69, 9.17) is 21.1 Å². The molecule has 270 valence electrons. The average molecular weight is 732 g/mol. The third-order valence-electron chi connectivity index (χ3n) is 7.85. The van der Waals surface area contributed by atoms with Crippen LogP contribution in [0.4, 0.5) is 0 Å². The summed E-state index contributed by atoms with van der Waals surface area (Å²) in [5, 5.41) is 15.8. The number of β-lactam (4-membered cyclic amide) rings is 1. The van der Waals surface area contributed by atoms with E-state index in [0.717, 1.165) is 4.90 Å². The lowest BCUT2D eigenvalue weighted by Gasteiger charge is -2.46. The van der Waals surface area contributed by atoms with Crippen LogP contribution in [0.5, 0.6) is 0 Å². The minimum atomic E-state index is -1.71. The van der Waals surface area contributed by atoms with Crippen LogP contribution in [0.15, 0.2) is 71.6 Å². The van der Waals surface area contributed by atoms with Gasteiger partial charge in [-0.05, 0) is 54.6 Å². The van der Waals surface area contributed by atoms with Crippen LogP contribution < -0.4 is 10.6 Å². The Morgan fingerprint density at radius 3 is 2.18 bits per heavy atom. The van der Waals surface area contributed by atoms with Crippen molar-refractivity contribution in [2.45, 2.75) is 70.2 Å². The summed E-state index contributed by atoms with van der Waals surface area (Å²) in [6, 6.07) is 15.9. The third-order valence-corrected chi connectivity index (χ3v) is 9.33. The molecule has 15 heteroatoms. The molecular weight excluding hydrogens is 690 g/mol. The van der Waals surface area contributed by atoms with Crippen LogP contribution >= 0.6 is 11.6 Å². The van der Waals surface area contributed by atoms with Crippen LogP contribution in [0.25, 0.3) is 0 Å². The van der Waals surface area contributed by atoms with E-state index in [2.05, 4.69) is 10.6 Å². The second-order valence-electron chi connectivity index (χ2n) is 11.9. The summed E-state index contributed by atoms with van der Waals surface area (Å²) in [7, 11) is 0. The number of nitrogens with one attached hydrogen (secondary N) is 2. The average Bonchev–Trinajstić information content (AvgIpc) is 3.10. The number of hydrogen-bond acceptors (Lipinski definition) is 9. The predicted molar refractivity (Wildman–Crippen MR) is 185 cm³/mol. The first kappa shape index (κ1) is 40.0. The smallest absolute Gasteiger partial charge is 0.332 e. The van der Waals surface area contributed by atoms with Gasteiger partial charge in [0.2, 0.25) is 17.7 Å². The number of ether oxygens (including phenoxy) is 2. The van der Waals surface area contributed by atoms with Crippen LogP contribution in [0.3, 0.4) is 0 Å². The molecule has 0 aromatic heterocycles. The quantitative estimate of drug-likeness (QED) is 0.0838. The van der Waals surface area contributed by atoms with Crippen molar-refractivity contribution in [2.75, 3.05) is 24.8 Å². The molecule has 0 spiro atoms. The maximum atomic E-state index is 13.8. The fourth-order valence-electron chi connectivity index (χ4n) is 5.32. The Morgan fingerprint density at radius 2 is 1.64 bits per heavy atom. The van der Waals surface area contributed by atoms with Crippen molar-refractivity contribution in [3.8, 4) is 0 Å². The van der Waals surface area contributed by atoms with Crippen LogP contribution in [0.2, 0.25) is 0 Å². The minimum Gasteiger partial charge on any atom is -0.612 e. The van der Waals surface area contributed by atoms with E-state index in [-0.39, 0.29) is 31.6 Å². The van der Waals surface area contributed by atoms with Crippen LogP contribution in [0.1, 0.15) is 63.7 Å². The number of benzene rings is 2. The summed E-state index contributed by atoms with van der Waals surface area (Å²) >= 11 is 4.09. The number of amides is 3. The summed E-state index contributed by atoms with van der Waals surface area (Å²) < 4.78 is 23.7. The van der Waals surface area contributed by atoms with Crippen LogP contribution in [-0.2, 0) is 49.4 Å². The predicted octanol–water partition coefficient (Wildman–Crippen LogP) is 2.99. The van der Waals surface area contributed by atoms with Gasteiger partial charge >= 0.3 is 17.9 Å². The van der Waals surface area contributed by atoms with Gasteiger partial charge in [0, 0.05) is 6.42 Å².